The maximum absolute atomic E-state index is 14.8. The third-order valence-corrected chi connectivity index (χ3v) is 7.39. The summed E-state index contributed by atoms with van der Waals surface area (Å²) in [6, 6.07) is 11.1. The van der Waals surface area contributed by atoms with E-state index in [-0.39, 0.29) is 28.5 Å². The molecule has 2 N–H and O–H groups in total. The number of nitriles is 1. The molecule has 0 saturated carbocycles. The topological polar surface area (TPSA) is 159 Å². The van der Waals surface area contributed by atoms with Crippen LogP contribution in [-0.4, -0.2) is 44.2 Å². The monoisotopic (exact) mass is 526 g/mol. The molecule has 11 nitrogen and oxygen atoms in total. The number of fused-ring (bicyclic) bond motifs is 1. The lowest BCUT2D eigenvalue weighted by Gasteiger charge is -2.30. The number of sulfonamides is 1. The molecule has 4 rings (SSSR count). The molecule has 190 valence electrons. The normalized spacial score (nSPS) is 16.6. The number of methoxy groups -OCH3 is 1. The molecular weight excluding hydrogens is 507 g/mol. The minimum absolute atomic E-state index is 0.0783. The van der Waals surface area contributed by atoms with Crippen molar-refractivity contribution in [1.82, 2.24) is 10.3 Å². The Morgan fingerprint density at radius 3 is 2.54 bits per heavy atom. The van der Waals surface area contributed by atoms with Crippen molar-refractivity contribution in [1.29, 1.82) is 5.26 Å². The summed E-state index contributed by atoms with van der Waals surface area (Å²) in [6.45, 7) is 1.71. The second-order valence-electron chi connectivity index (χ2n) is 7.68. The van der Waals surface area contributed by atoms with Crippen molar-refractivity contribution in [2.45, 2.75) is 17.4 Å². The number of halogens is 1. The summed E-state index contributed by atoms with van der Waals surface area (Å²) in [6.07, 6.45) is -0.363. The Balaban J connectivity index is 2.08. The van der Waals surface area contributed by atoms with Crippen LogP contribution in [0.4, 0.5) is 14.9 Å². The molecule has 2 aromatic carbocycles. The minimum Gasteiger partial charge on any atom is -0.497 e. The standard InChI is InChI=1S/C24H19FN4O7S/c1-3-36-21-17(5-4-10-27-21)24(28-23(31)32)18-11-14(13-26)19(25)12-20(18)29(22(24)30)37(33,34)16-8-6-15(35-2)7-9-16/h4-12,28H,3H2,1-2H3,(H,31,32). The quantitative estimate of drug-likeness (QED) is 0.472. The molecule has 1 atom stereocenters. The van der Waals surface area contributed by atoms with Crippen molar-refractivity contribution in [2.75, 3.05) is 18.0 Å². The van der Waals surface area contributed by atoms with Crippen LogP contribution in [0.5, 0.6) is 11.6 Å². The smallest absolute Gasteiger partial charge is 0.406 e. The lowest BCUT2D eigenvalue weighted by molar-refractivity contribution is -0.121. The number of amides is 2. The van der Waals surface area contributed by atoms with Crippen LogP contribution < -0.4 is 19.1 Å². The number of rotatable bonds is 7. The third-order valence-electron chi connectivity index (χ3n) is 5.68. The van der Waals surface area contributed by atoms with Crippen molar-refractivity contribution >= 4 is 27.7 Å². The number of hydrogen-bond donors (Lipinski definition) is 2. The average Bonchev–Trinajstić information content (AvgIpc) is 3.11. The van der Waals surface area contributed by atoms with Crippen LogP contribution >= 0.6 is 0 Å². The molecule has 1 aliphatic rings. The average molecular weight is 527 g/mol. The van der Waals surface area contributed by atoms with Crippen LogP contribution in [0, 0.1) is 17.1 Å². The molecule has 1 unspecified atom stereocenters. The van der Waals surface area contributed by atoms with E-state index >= 15 is 0 Å². The second kappa shape index (κ2) is 9.40. The molecule has 2 amide bonds. The van der Waals surface area contributed by atoms with Gasteiger partial charge in [-0.1, -0.05) is 0 Å². The number of carboxylic acid groups (broad SMARTS) is 1. The van der Waals surface area contributed by atoms with E-state index in [1.165, 1.54) is 49.7 Å². The molecule has 0 bridgehead atoms. The Bertz CT molecular complexity index is 1550. The van der Waals surface area contributed by atoms with Gasteiger partial charge in [-0.15, -0.1) is 0 Å². The summed E-state index contributed by atoms with van der Waals surface area (Å²) in [4.78, 5) is 29.9. The zero-order valence-electron chi connectivity index (χ0n) is 19.4. The number of ether oxygens (including phenoxy) is 2. The van der Waals surface area contributed by atoms with Gasteiger partial charge in [0.2, 0.25) is 5.88 Å². The number of hydrogen-bond acceptors (Lipinski definition) is 8. The lowest BCUT2D eigenvalue weighted by Crippen LogP contribution is -2.54. The minimum atomic E-state index is -4.72. The van der Waals surface area contributed by atoms with Crippen LogP contribution in [0.1, 0.15) is 23.6 Å². The molecule has 0 fully saturated rings. The van der Waals surface area contributed by atoms with Crippen molar-refractivity contribution in [3.05, 3.63) is 77.2 Å². The molecule has 0 aliphatic carbocycles. The first-order valence-corrected chi connectivity index (χ1v) is 12.1. The zero-order chi connectivity index (χ0) is 27.0. The van der Waals surface area contributed by atoms with Gasteiger partial charge < -0.3 is 14.6 Å². The number of carbonyl (C=O) groups is 2. The van der Waals surface area contributed by atoms with E-state index in [9.17, 15) is 32.8 Å². The van der Waals surface area contributed by atoms with Gasteiger partial charge >= 0.3 is 6.09 Å². The van der Waals surface area contributed by atoms with E-state index in [1.807, 2.05) is 0 Å². The van der Waals surface area contributed by atoms with Crippen molar-refractivity contribution in [3.8, 4) is 17.7 Å². The van der Waals surface area contributed by atoms with E-state index in [0.29, 0.717) is 16.1 Å². The summed E-state index contributed by atoms with van der Waals surface area (Å²) >= 11 is 0. The van der Waals surface area contributed by atoms with Crippen LogP contribution in [0.25, 0.3) is 0 Å². The van der Waals surface area contributed by atoms with Gasteiger partial charge in [-0.3, -0.25) is 10.1 Å². The largest absolute Gasteiger partial charge is 0.497 e. The number of carbonyl (C=O) groups excluding carboxylic acids is 1. The maximum atomic E-state index is 14.8. The third kappa shape index (κ3) is 3.97. The van der Waals surface area contributed by atoms with E-state index in [2.05, 4.69) is 10.3 Å². The first kappa shape index (κ1) is 25.4. The predicted octanol–water partition coefficient (Wildman–Crippen LogP) is 2.75. The molecule has 13 heteroatoms. The van der Waals surface area contributed by atoms with Gasteiger partial charge in [0.25, 0.3) is 15.9 Å². The highest BCUT2D eigenvalue weighted by molar-refractivity contribution is 7.93. The fraction of sp³-hybridized carbons (Fsp3) is 0.167. The molecule has 3 aromatic rings. The second-order valence-corrected chi connectivity index (χ2v) is 9.47. The molecule has 0 saturated heterocycles. The highest BCUT2D eigenvalue weighted by atomic mass is 32.2. The number of nitrogens with zero attached hydrogens (tertiary/aromatic N) is 3. The van der Waals surface area contributed by atoms with Gasteiger partial charge in [0.05, 0.1) is 35.4 Å². The first-order valence-electron chi connectivity index (χ1n) is 10.7. The number of anilines is 1. The Morgan fingerprint density at radius 1 is 1.24 bits per heavy atom. The Hall–Kier alpha value is -4.70. The van der Waals surface area contributed by atoms with Gasteiger partial charge in [-0.2, -0.15) is 9.57 Å². The summed E-state index contributed by atoms with van der Waals surface area (Å²) < 4.78 is 53.2. The van der Waals surface area contributed by atoms with Gasteiger partial charge in [-0.25, -0.2) is 22.6 Å². The fourth-order valence-corrected chi connectivity index (χ4v) is 5.58. The van der Waals surface area contributed by atoms with Crippen molar-refractivity contribution < 1.29 is 37.0 Å². The summed E-state index contributed by atoms with van der Waals surface area (Å²) in [5.74, 6) is -2.21. The van der Waals surface area contributed by atoms with Crippen LogP contribution in [0.15, 0.2) is 59.6 Å². The zero-order valence-corrected chi connectivity index (χ0v) is 20.2. The number of aromatic nitrogens is 1. The maximum Gasteiger partial charge on any atom is 0.406 e. The Kier molecular flexibility index (Phi) is 6.45. The molecule has 1 aliphatic heterocycles. The Morgan fingerprint density at radius 2 is 1.95 bits per heavy atom. The van der Waals surface area contributed by atoms with Gasteiger partial charge in [0.1, 0.15) is 17.6 Å². The van der Waals surface area contributed by atoms with Crippen LogP contribution in [0.3, 0.4) is 0 Å². The molecule has 0 radical (unpaired) electrons. The van der Waals surface area contributed by atoms with Crippen LogP contribution in [-0.2, 0) is 20.4 Å². The number of pyridine rings is 1. The lowest BCUT2D eigenvalue weighted by atomic mass is 9.83. The number of benzene rings is 2. The SMILES string of the molecule is CCOc1ncccc1C1(NC(=O)O)C(=O)N(S(=O)(=O)c2ccc(OC)cc2)c2cc(F)c(C#N)cc21. The van der Waals surface area contributed by atoms with Crippen LogP contribution in [0.2, 0.25) is 0 Å². The van der Waals surface area contributed by atoms with Gasteiger partial charge in [-0.05, 0) is 49.4 Å². The molecule has 1 aromatic heterocycles. The van der Waals surface area contributed by atoms with E-state index in [4.69, 9.17) is 9.47 Å². The van der Waals surface area contributed by atoms with Crippen molar-refractivity contribution in [2.24, 2.45) is 0 Å². The van der Waals surface area contributed by atoms with E-state index in [0.717, 1.165) is 6.07 Å². The fourth-order valence-electron chi connectivity index (χ4n) is 4.12. The summed E-state index contributed by atoms with van der Waals surface area (Å²) in [5.41, 5.74) is -3.89. The van der Waals surface area contributed by atoms with Gasteiger partial charge in [0, 0.05) is 17.8 Å². The molecule has 2 heterocycles. The van der Waals surface area contributed by atoms with Gasteiger partial charge in [0.15, 0.2) is 5.54 Å². The van der Waals surface area contributed by atoms with E-state index < -0.39 is 44.6 Å². The van der Waals surface area contributed by atoms with Crippen molar-refractivity contribution in [3.63, 3.8) is 0 Å². The molecule has 0 spiro atoms. The summed E-state index contributed by atoms with van der Waals surface area (Å²) in [5, 5.41) is 21.3. The highest BCUT2D eigenvalue weighted by Crippen LogP contribution is 2.49. The predicted molar refractivity (Wildman–Crippen MR) is 126 cm³/mol. The summed E-state index contributed by atoms with van der Waals surface area (Å²) in [7, 11) is -3.33. The first-order chi connectivity index (χ1) is 17.6. The Labute approximate surface area is 210 Å². The van der Waals surface area contributed by atoms with E-state index in [1.54, 1.807) is 13.0 Å². The molecular formula is C24H19FN4O7S. The number of nitrogens with one attached hydrogen (secondary N) is 1. The highest BCUT2D eigenvalue weighted by Gasteiger charge is 2.59. The molecule has 37 heavy (non-hydrogen) atoms.